The molecule has 4 nitrogen and oxygen atoms in total. The second kappa shape index (κ2) is 12.0. The molecule has 0 saturated heterocycles. The maximum Gasteiger partial charge on any atom is 0.143 e. The lowest BCUT2D eigenvalue weighted by molar-refractivity contribution is 0.667. The first-order chi connectivity index (χ1) is 22.7. The molecule has 1 unspecified atom stereocenters. The molecule has 1 aliphatic carbocycles. The largest absolute Gasteiger partial charge is 0.456 e. The number of fused-ring (bicyclic) bond motifs is 4. The highest BCUT2D eigenvalue weighted by molar-refractivity contribution is 6.05. The fourth-order valence-electron chi connectivity index (χ4n) is 6.62. The molecule has 0 radical (unpaired) electrons. The molecule has 0 spiro atoms. The molecule has 1 heterocycles. The third-order valence-electron chi connectivity index (χ3n) is 8.96. The second-order valence-corrected chi connectivity index (χ2v) is 11.8. The summed E-state index contributed by atoms with van der Waals surface area (Å²) < 4.78 is 6.27. The van der Waals surface area contributed by atoms with E-state index in [9.17, 15) is 0 Å². The molecule has 6 aromatic carbocycles. The number of aliphatic imine (C=N–C) groups is 1. The van der Waals surface area contributed by atoms with Gasteiger partial charge in [-0.15, -0.1) is 0 Å². The number of rotatable bonds is 6. The molecule has 8 rings (SSSR count). The molecule has 0 fully saturated rings. The van der Waals surface area contributed by atoms with Gasteiger partial charge in [0.05, 0.1) is 0 Å². The van der Waals surface area contributed by atoms with Crippen LogP contribution in [0.5, 0.6) is 0 Å². The van der Waals surface area contributed by atoms with Gasteiger partial charge in [0.2, 0.25) is 0 Å². The summed E-state index contributed by atoms with van der Waals surface area (Å²) in [5, 5.41) is 2.20. The zero-order valence-electron chi connectivity index (χ0n) is 25.4. The minimum atomic E-state index is -0.311. The number of nitrogens with two attached hydrogens (primary N) is 1. The standard InChI is InChI=1S/C42H33N3O/c43-45-42(44-41(30-14-5-2-6-15-30)33-21-22-38-37-17-9-10-18-39(37)46-40(38)27-33)36-25-34(28-11-3-1-4-12-28)24-35(26-36)32-20-19-29-13-7-8-16-31(29)23-32/h1-18,21-27,41H,19-20,43H2,(H,44,45). The molecule has 46 heavy (non-hydrogen) atoms. The number of nitrogens with zero attached hydrogens (tertiary/aromatic N) is 1. The van der Waals surface area contributed by atoms with Crippen LogP contribution in [-0.4, -0.2) is 5.84 Å². The summed E-state index contributed by atoms with van der Waals surface area (Å²) in [6.07, 6.45) is 4.32. The summed E-state index contributed by atoms with van der Waals surface area (Å²) in [6.45, 7) is 0. The van der Waals surface area contributed by atoms with Crippen molar-refractivity contribution >= 4 is 39.4 Å². The Morgan fingerprint density at radius 3 is 2.17 bits per heavy atom. The van der Waals surface area contributed by atoms with Crippen LogP contribution in [0.4, 0.5) is 0 Å². The van der Waals surface area contributed by atoms with Crippen LogP contribution in [0.25, 0.3) is 44.7 Å². The number of hydrazine groups is 1. The smallest absolute Gasteiger partial charge is 0.143 e. The first-order valence-electron chi connectivity index (χ1n) is 15.7. The molecule has 0 bridgehead atoms. The van der Waals surface area contributed by atoms with E-state index in [1.165, 1.54) is 22.3 Å². The van der Waals surface area contributed by atoms with Gasteiger partial charge in [0.25, 0.3) is 0 Å². The zero-order valence-corrected chi connectivity index (χ0v) is 25.4. The highest BCUT2D eigenvalue weighted by Gasteiger charge is 2.19. The van der Waals surface area contributed by atoms with Crippen molar-refractivity contribution in [3.8, 4) is 11.1 Å². The Hall–Kier alpha value is -5.71. The van der Waals surface area contributed by atoms with Gasteiger partial charge in [0, 0.05) is 16.3 Å². The summed E-state index contributed by atoms with van der Waals surface area (Å²) in [5.41, 5.74) is 15.2. The van der Waals surface area contributed by atoms with Crippen LogP contribution in [0, 0.1) is 0 Å². The molecular weight excluding hydrogens is 562 g/mol. The topological polar surface area (TPSA) is 63.5 Å². The van der Waals surface area contributed by atoms with Gasteiger partial charge in [0.1, 0.15) is 23.0 Å². The van der Waals surface area contributed by atoms with Crippen LogP contribution in [0.3, 0.4) is 0 Å². The van der Waals surface area contributed by atoms with E-state index < -0.39 is 0 Å². The van der Waals surface area contributed by atoms with Crippen LogP contribution in [0.15, 0.2) is 155 Å². The van der Waals surface area contributed by atoms with Crippen molar-refractivity contribution in [1.29, 1.82) is 0 Å². The minimum Gasteiger partial charge on any atom is -0.456 e. The Labute approximate surface area is 268 Å². The predicted molar refractivity (Wildman–Crippen MR) is 190 cm³/mol. The van der Waals surface area contributed by atoms with Gasteiger partial charge in [-0.3, -0.25) is 4.99 Å². The van der Waals surface area contributed by atoms with E-state index in [4.69, 9.17) is 15.3 Å². The van der Waals surface area contributed by atoms with Gasteiger partial charge >= 0.3 is 0 Å². The van der Waals surface area contributed by atoms with Gasteiger partial charge < -0.3 is 9.84 Å². The Bertz CT molecular complexity index is 2250. The highest BCUT2D eigenvalue weighted by Crippen LogP contribution is 2.36. The van der Waals surface area contributed by atoms with Crippen molar-refractivity contribution in [2.24, 2.45) is 10.8 Å². The quantitative estimate of drug-likeness (QED) is 0.0871. The van der Waals surface area contributed by atoms with Crippen molar-refractivity contribution in [2.75, 3.05) is 0 Å². The number of para-hydroxylation sites is 1. The maximum atomic E-state index is 6.32. The third kappa shape index (κ3) is 5.29. The van der Waals surface area contributed by atoms with Crippen LogP contribution in [-0.2, 0) is 6.42 Å². The molecule has 1 aromatic heterocycles. The normalized spacial score (nSPS) is 13.8. The van der Waals surface area contributed by atoms with E-state index in [1.54, 1.807) is 0 Å². The number of hydrogen-bond donors (Lipinski definition) is 2. The summed E-state index contributed by atoms with van der Waals surface area (Å²) in [7, 11) is 0. The van der Waals surface area contributed by atoms with Crippen molar-refractivity contribution in [3.63, 3.8) is 0 Å². The summed E-state index contributed by atoms with van der Waals surface area (Å²) in [6, 6.07) is 50.4. The van der Waals surface area contributed by atoms with Crippen LogP contribution in [0.2, 0.25) is 0 Å². The highest BCUT2D eigenvalue weighted by atomic mass is 16.3. The predicted octanol–water partition coefficient (Wildman–Crippen LogP) is 9.74. The molecule has 7 aromatic rings. The average Bonchev–Trinajstić information content (AvgIpc) is 3.50. The number of hydrogen-bond acceptors (Lipinski definition) is 3. The minimum absolute atomic E-state index is 0.311. The Morgan fingerprint density at radius 2 is 1.33 bits per heavy atom. The molecule has 0 saturated carbocycles. The summed E-state index contributed by atoms with van der Waals surface area (Å²) >= 11 is 0. The number of allylic oxidation sites excluding steroid dienone is 1. The monoisotopic (exact) mass is 595 g/mol. The SMILES string of the molecule is NN/C(=N\C(c1ccccc1)c1ccc2c(c1)oc1ccccc12)c1cc(C2=Cc3ccccc3CC2)cc(-c2ccccc2)c1. The lowest BCUT2D eigenvalue weighted by Crippen LogP contribution is -2.32. The number of aryl methyl sites for hydroxylation is 1. The molecule has 1 aliphatic rings. The lowest BCUT2D eigenvalue weighted by Gasteiger charge is -2.20. The zero-order chi connectivity index (χ0) is 30.9. The van der Waals surface area contributed by atoms with Gasteiger partial charge in [-0.1, -0.05) is 121 Å². The Balaban J connectivity index is 1.28. The molecule has 3 N–H and O–H groups in total. The molecule has 0 aliphatic heterocycles. The maximum absolute atomic E-state index is 6.32. The molecule has 1 atom stereocenters. The first-order valence-corrected chi connectivity index (χ1v) is 15.7. The Morgan fingerprint density at radius 1 is 0.609 bits per heavy atom. The Kier molecular flexibility index (Phi) is 7.25. The number of furan rings is 1. The van der Waals surface area contributed by atoms with E-state index >= 15 is 0 Å². The lowest BCUT2D eigenvalue weighted by atomic mass is 9.87. The fraction of sp³-hybridized carbons (Fsp3) is 0.0714. The van der Waals surface area contributed by atoms with Gasteiger partial charge in [-0.2, -0.15) is 0 Å². The van der Waals surface area contributed by atoms with E-state index in [1.807, 2.05) is 30.3 Å². The molecule has 4 heteroatoms. The number of nitrogens with one attached hydrogen (secondary N) is 1. The van der Waals surface area contributed by atoms with Crippen molar-refractivity contribution in [2.45, 2.75) is 18.9 Å². The van der Waals surface area contributed by atoms with E-state index in [0.29, 0.717) is 5.84 Å². The van der Waals surface area contributed by atoms with Crippen LogP contribution in [0.1, 0.15) is 45.8 Å². The van der Waals surface area contributed by atoms with Gasteiger partial charge in [0.15, 0.2) is 0 Å². The first kappa shape index (κ1) is 27.8. The second-order valence-electron chi connectivity index (χ2n) is 11.8. The van der Waals surface area contributed by atoms with Crippen molar-refractivity contribution in [1.82, 2.24) is 5.43 Å². The fourth-order valence-corrected chi connectivity index (χ4v) is 6.62. The van der Waals surface area contributed by atoms with Crippen molar-refractivity contribution in [3.05, 3.63) is 179 Å². The van der Waals surface area contributed by atoms with Crippen molar-refractivity contribution < 1.29 is 4.42 Å². The molecule has 222 valence electrons. The number of amidine groups is 1. The third-order valence-corrected chi connectivity index (χ3v) is 8.96. The summed E-state index contributed by atoms with van der Waals surface area (Å²) in [4.78, 5) is 5.34. The van der Waals surface area contributed by atoms with Crippen LogP contribution < -0.4 is 11.3 Å². The van der Waals surface area contributed by atoms with Gasteiger partial charge in [-0.05, 0) is 87.7 Å². The molecular formula is C42H33N3O. The molecule has 0 amide bonds. The van der Waals surface area contributed by atoms with Crippen LogP contribution >= 0.6 is 0 Å². The van der Waals surface area contributed by atoms with E-state index in [-0.39, 0.29) is 6.04 Å². The number of benzene rings is 6. The summed E-state index contributed by atoms with van der Waals surface area (Å²) in [5.74, 6) is 6.94. The van der Waals surface area contributed by atoms with Gasteiger partial charge in [-0.25, -0.2) is 5.84 Å². The van der Waals surface area contributed by atoms with E-state index in [2.05, 4.69) is 127 Å². The average molecular weight is 596 g/mol. The van der Waals surface area contributed by atoms with E-state index in [0.717, 1.165) is 62.6 Å².